The van der Waals surface area contributed by atoms with Crippen LogP contribution in [0.4, 0.5) is 4.79 Å². The minimum Gasteiger partial charge on any atom is -0.467 e. The summed E-state index contributed by atoms with van der Waals surface area (Å²) in [6.45, 7) is 2.13. The van der Waals surface area contributed by atoms with E-state index in [4.69, 9.17) is 9.15 Å². The average molecular weight is 365 g/mol. The number of urea groups is 1. The number of hydrogen-bond donors (Lipinski definition) is 3. The van der Waals surface area contributed by atoms with Crippen LogP contribution >= 0.6 is 0 Å². The molecule has 0 atom stereocenters. The van der Waals surface area contributed by atoms with Gasteiger partial charge in [0.05, 0.1) is 6.26 Å². The van der Waals surface area contributed by atoms with Crippen molar-refractivity contribution in [1.29, 1.82) is 0 Å². The van der Waals surface area contributed by atoms with Crippen LogP contribution in [0.3, 0.4) is 0 Å². The highest BCUT2D eigenvalue weighted by Crippen LogP contribution is 2.17. The molecule has 7 nitrogen and oxygen atoms in total. The largest absolute Gasteiger partial charge is 0.467 e. The van der Waals surface area contributed by atoms with Gasteiger partial charge in [0.15, 0.2) is 0 Å². The quantitative estimate of drug-likeness (QED) is 0.526. The molecule has 1 aromatic rings. The molecule has 0 bridgehead atoms. The number of rotatable bonds is 11. The van der Waals surface area contributed by atoms with Gasteiger partial charge >= 0.3 is 6.03 Å². The van der Waals surface area contributed by atoms with Crippen LogP contribution in [0.15, 0.2) is 22.8 Å². The Morgan fingerprint density at radius 1 is 1.12 bits per heavy atom. The Morgan fingerprint density at radius 3 is 2.69 bits per heavy atom. The maximum atomic E-state index is 11.8. The Labute approximate surface area is 155 Å². The van der Waals surface area contributed by atoms with Crippen molar-refractivity contribution >= 4 is 11.9 Å². The Bertz CT molecular complexity index is 513. The smallest absolute Gasteiger partial charge is 0.315 e. The number of carbonyl (C=O) groups excluding carboxylic acids is 2. The fourth-order valence-corrected chi connectivity index (χ4v) is 2.99. The fourth-order valence-electron chi connectivity index (χ4n) is 2.99. The minimum atomic E-state index is -0.119. The van der Waals surface area contributed by atoms with Crippen LogP contribution in [0.2, 0.25) is 0 Å². The molecular weight excluding hydrogens is 334 g/mol. The molecule has 2 rings (SSSR count). The van der Waals surface area contributed by atoms with E-state index in [0.717, 1.165) is 25.0 Å². The van der Waals surface area contributed by atoms with E-state index in [1.54, 1.807) is 6.26 Å². The van der Waals surface area contributed by atoms with E-state index in [0.29, 0.717) is 45.2 Å². The monoisotopic (exact) mass is 365 g/mol. The van der Waals surface area contributed by atoms with Gasteiger partial charge in [0.2, 0.25) is 5.91 Å². The molecular formula is C19H31N3O4. The first-order chi connectivity index (χ1) is 12.7. The summed E-state index contributed by atoms with van der Waals surface area (Å²) in [5.41, 5.74) is 0. The molecule has 146 valence electrons. The third kappa shape index (κ3) is 8.89. The normalized spacial score (nSPS) is 14.8. The third-order valence-corrected chi connectivity index (χ3v) is 4.42. The summed E-state index contributed by atoms with van der Waals surface area (Å²) in [6.07, 6.45) is 9.23. The number of furan rings is 1. The van der Waals surface area contributed by atoms with E-state index in [2.05, 4.69) is 16.0 Å². The van der Waals surface area contributed by atoms with E-state index in [9.17, 15) is 9.59 Å². The van der Waals surface area contributed by atoms with E-state index >= 15 is 0 Å². The minimum absolute atomic E-state index is 0.00511. The molecule has 0 spiro atoms. The van der Waals surface area contributed by atoms with Crippen molar-refractivity contribution in [2.45, 2.75) is 64.0 Å². The second kappa shape index (κ2) is 12.4. The Kier molecular flexibility index (Phi) is 9.64. The molecule has 1 aliphatic carbocycles. The van der Waals surface area contributed by atoms with Gasteiger partial charge in [0.1, 0.15) is 12.4 Å². The van der Waals surface area contributed by atoms with Crippen LogP contribution < -0.4 is 16.0 Å². The highest BCUT2D eigenvalue weighted by molar-refractivity contribution is 5.76. The first kappa shape index (κ1) is 20.3. The molecule has 1 saturated carbocycles. The maximum Gasteiger partial charge on any atom is 0.315 e. The summed E-state index contributed by atoms with van der Waals surface area (Å²) in [4.78, 5) is 23.5. The molecule has 26 heavy (non-hydrogen) atoms. The zero-order valence-corrected chi connectivity index (χ0v) is 15.4. The highest BCUT2D eigenvalue weighted by Gasteiger charge is 2.15. The van der Waals surface area contributed by atoms with Gasteiger partial charge in [-0.3, -0.25) is 4.79 Å². The highest BCUT2D eigenvalue weighted by atomic mass is 16.5. The molecule has 3 N–H and O–H groups in total. The summed E-state index contributed by atoms with van der Waals surface area (Å²) in [5.74, 6) is 0.805. The molecule has 1 heterocycles. The summed E-state index contributed by atoms with van der Waals surface area (Å²) < 4.78 is 10.6. The lowest BCUT2D eigenvalue weighted by Gasteiger charge is -2.22. The fraction of sp³-hybridized carbons (Fsp3) is 0.684. The lowest BCUT2D eigenvalue weighted by atomic mass is 9.96. The van der Waals surface area contributed by atoms with E-state index in [1.807, 2.05) is 12.1 Å². The van der Waals surface area contributed by atoms with Gasteiger partial charge in [-0.25, -0.2) is 4.79 Å². The second-order valence-corrected chi connectivity index (χ2v) is 6.67. The molecule has 1 fully saturated rings. The van der Waals surface area contributed by atoms with Crippen molar-refractivity contribution in [3.05, 3.63) is 24.2 Å². The van der Waals surface area contributed by atoms with Crippen molar-refractivity contribution in [2.24, 2.45) is 0 Å². The first-order valence-electron chi connectivity index (χ1n) is 9.65. The van der Waals surface area contributed by atoms with Crippen LogP contribution in [0.25, 0.3) is 0 Å². The van der Waals surface area contributed by atoms with Gasteiger partial charge in [-0.15, -0.1) is 0 Å². The van der Waals surface area contributed by atoms with Gasteiger partial charge < -0.3 is 25.1 Å². The van der Waals surface area contributed by atoms with Crippen LogP contribution in [0, 0.1) is 0 Å². The van der Waals surface area contributed by atoms with Crippen LogP contribution in [0.5, 0.6) is 0 Å². The summed E-state index contributed by atoms with van der Waals surface area (Å²) >= 11 is 0. The molecule has 0 aromatic carbocycles. The van der Waals surface area contributed by atoms with E-state index in [1.165, 1.54) is 19.3 Å². The second-order valence-electron chi connectivity index (χ2n) is 6.67. The molecule has 0 saturated heterocycles. The van der Waals surface area contributed by atoms with Gasteiger partial charge in [-0.1, -0.05) is 19.3 Å². The number of nitrogens with one attached hydrogen (secondary N) is 3. The van der Waals surface area contributed by atoms with Crippen molar-refractivity contribution < 1.29 is 18.7 Å². The van der Waals surface area contributed by atoms with Crippen molar-refractivity contribution in [3.8, 4) is 0 Å². The van der Waals surface area contributed by atoms with Crippen molar-refractivity contribution in [3.63, 3.8) is 0 Å². The molecule has 0 aliphatic heterocycles. The van der Waals surface area contributed by atoms with Crippen molar-refractivity contribution in [1.82, 2.24) is 16.0 Å². The number of hydrogen-bond acceptors (Lipinski definition) is 4. The SMILES string of the molecule is O=C(CCCNC(=O)NC1CCCCC1)NCCCOCc1ccco1. The topological polar surface area (TPSA) is 92.6 Å². The molecule has 1 aromatic heterocycles. The summed E-state index contributed by atoms with van der Waals surface area (Å²) in [6, 6.07) is 3.88. The standard InChI is InChI=1S/C19H31N3O4/c23-18(20-12-6-13-25-15-17-9-5-14-26-17)10-4-11-21-19(24)22-16-7-2-1-3-8-16/h5,9,14,16H,1-4,6-8,10-13,15H2,(H,20,23)(H2,21,22,24). The lowest BCUT2D eigenvalue weighted by Crippen LogP contribution is -2.43. The zero-order valence-electron chi connectivity index (χ0n) is 15.4. The van der Waals surface area contributed by atoms with Crippen molar-refractivity contribution in [2.75, 3.05) is 19.7 Å². The zero-order chi connectivity index (χ0) is 18.5. The molecule has 0 radical (unpaired) electrons. The first-order valence-corrected chi connectivity index (χ1v) is 9.65. The summed E-state index contributed by atoms with van der Waals surface area (Å²) in [7, 11) is 0. The average Bonchev–Trinajstić information content (AvgIpc) is 3.16. The molecule has 7 heteroatoms. The summed E-state index contributed by atoms with van der Waals surface area (Å²) in [5, 5.41) is 8.68. The Balaban J connectivity index is 1.38. The number of ether oxygens (including phenoxy) is 1. The van der Waals surface area contributed by atoms with E-state index in [-0.39, 0.29) is 11.9 Å². The van der Waals surface area contributed by atoms with Gasteiger partial charge in [-0.05, 0) is 37.8 Å². The predicted octanol–water partition coefficient (Wildman–Crippen LogP) is 2.71. The predicted molar refractivity (Wildman–Crippen MR) is 98.6 cm³/mol. The number of carbonyl (C=O) groups is 2. The maximum absolute atomic E-state index is 11.8. The van der Waals surface area contributed by atoms with Crippen LogP contribution in [-0.2, 0) is 16.1 Å². The van der Waals surface area contributed by atoms with Crippen LogP contribution in [0.1, 0.15) is 57.1 Å². The molecule has 0 unspecified atom stereocenters. The van der Waals surface area contributed by atoms with E-state index < -0.39 is 0 Å². The van der Waals surface area contributed by atoms with Gasteiger partial charge in [0, 0.05) is 32.2 Å². The molecule has 3 amide bonds. The van der Waals surface area contributed by atoms with Gasteiger partial charge in [-0.2, -0.15) is 0 Å². The van der Waals surface area contributed by atoms with Crippen LogP contribution in [-0.4, -0.2) is 37.7 Å². The number of amides is 3. The van der Waals surface area contributed by atoms with Gasteiger partial charge in [0.25, 0.3) is 0 Å². The Morgan fingerprint density at radius 2 is 1.92 bits per heavy atom. The lowest BCUT2D eigenvalue weighted by molar-refractivity contribution is -0.121. The Hall–Kier alpha value is -2.02. The third-order valence-electron chi connectivity index (χ3n) is 4.42. The molecule has 1 aliphatic rings.